The SMILES string of the molecule is Cn1c(Cl)cnc1COC(=O)c1cnn(Cc2ccccc2)c1. The lowest BCUT2D eigenvalue weighted by Gasteiger charge is -2.04. The number of nitrogens with zero attached hydrogens (tertiary/aromatic N) is 4. The van der Waals surface area contributed by atoms with Crippen molar-refractivity contribution in [3.8, 4) is 0 Å². The molecule has 7 heteroatoms. The molecule has 0 saturated heterocycles. The van der Waals surface area contributed by atoms with E-state index in [2.05, 4.69) is 10.1 Å². The summed E-state index contributed by atoms with van der Waals surface area (Å²) in [5.74, 6) is 0.142. The fourth-order valence-electron chi connectivity index (χ4n) is 2.10. The molecule has 0 N–H and O–H groups in total. The molecule has 0 radical (unpaired) electrons. The van der Waals surface area contributed by atoms with Gasteiger partial charge in [0.25, 0.3) is 0 Å². The van der Waals surface area contributed by atoms with Crippen molar-refractivity contribution in [3.05, 3.63) is 71.0 Å². The summed E-state index contributed by atoms with van der Waals surface area (Å²) in [6.45, 7) is 0.662. The van der Waals surface area contributed by atoms with Gasteiger partial charge in [-0.2, -0.15) is 5.10 Å². The standard InChI is InChI=1S/C16H15ClN4O2/c1-20-14(17)8-18-15(20)11-23-16(22)13-7-19-21(10-13)9-12-5-3-2-4-6-12/h2-8,10H,9,11H2,1H3. The van der Waals surface area contributed by atoms with Crippen LogP contribution in [0.25, 0.3) is 0 Å². The van der Waals surface area contributed by atoms with Gasteiger partial charge in [-0.15, -0.1) is 0 Å². The third-order valence-corrected chi connectivity index (χ3v) is 3.77. The molecule has 0 aliphatic heterocycles. The van der Waals surface area contributed by atoms with Crippen LogP contribution in [0.4, 0.5) is 0 Å². The van der Waals surface area contributed by atoms with Gasteiger partial charge in [0.15, 0.2) is 0 Å². The van der Waals surface area contributed by atoms with Gasteiger partial charge in [0.2, 0.25) is 0 Å². The fourth-order valence-corrected chi connectivity index (χ4v) is 2.24. The third-order valence-electron chi connectivity index (χ3n) is 3.42. The van der Waals surface area contributed by atoms with E-state index in [0.717, 1.165) is 5.56 Å². The smallest absolute Gasteiger partial charge is 0.341 e. The van der Waals surface area contributed by atoms with Gasteiger partial charge in [-0.3, -0.25) is 4.68 Å². The van der Waals surface area contributed by atoms with E-state index in [9.17, 15) is 4.79 Å². The Morgan fingerprint density at radius 1 is 1.26 bits per heavy atom. The Kier molecular flexibility index (Phi) is 4.43. The zero-order chi connectivity index (χ0) is 16.2. The summed E-state index contributed by atoms with van der Waals surface area (Å²) in [6, 6.07) is 9.90. The molecule has 0 unspecified atom stereocenters. The minimum atomic E-state index is -0.441. The second-order valence-corrected chi connectivity index (χ2v) is 5.43. The highest BCUT2D eigenvalue weighted by atomic mass is 35.5. The largest absolute Gasteiger partial charge is 0.454 e. The number of hydrogen-bond acceptors (Lipinski definition) is 4. The van der Waals surface area contributed by atoms with Crippen LogP contribution in [0.15, 0.2) is 48.9 Å². The minimum absolute atomic E-state index is 0.0614. The molecule has 0 saturated carbocycles. The molecule has 0 spiro atoms. The number of aromatic nitrogens is 4. The van der Waals surface area contributed by atoms with Crippen molar-refractivity contribution in [2.75, 3.05) is 0 Å². The first-order chi connectivity index (χ1) is 11.1. The highest BCUT2D eigenvalue weighted by Crippen LogP contribution is 2.11. The first kappa shape index (κ1) is 15.3. The lowest BCUT2D eigenvalue weighted by atomic mass is 10.2. The molecule has 118 valence electrons. The second-order valence-electron chi connectivity index (χ2n) is 5.04. The van der Waals surface area contributed by atoms with Crippen LogP contribution in [0.1, 0.15) is 21.7 Å². The predicted molar refractivity (Wildman–Crippen MR) is 85.1 cm³/mol. The molecule has 3 rings (SSSR count). The predicted octanol–water partition coefficient (Wildman–Crippen LogP) is 2.68. The van der Waals surface area contributed by atoms with Crippen molar-refractivity contribution in [1.82, 2.24) is 19.3 Å². The van der Waals surface area contributed by atoms with E-state index in [0.29, 0.717) is 23.1 Å². The van der Waals surface area contributed by atoms with E-state index in [1.54, 1.807) is 22.5 Å². The van der Waals surface area contributed by atoms with E-state index < -0.39 is 5.97 Å². The summed E-state index contributed by atoms with van der Waals surface area (Å²) in [5, 5.41) is 4.68. The first-order valence-electron chi connectivity index (χ1n) is 7.03. The maximum Gasteiger partial charge on any atom is 0.341 e. The summed E-state index contributed by atoms with van der Waals surface area (Å²) >= 11 is 5.89. The van der Waals surface area contributed by atoms with E-state index >= 15 is 0 Å². The Bertz CT molecular complexity index is 811. The summed E-state index contributed by atoms with van der Waals surface area (Å²) in [6.07, 6.45) is 4.68. The number of ether oxygens (including phenoxy) is 1. The Labute approximate surface area is 138 Å². The molecule has 3 aromatic rings. The van der Waals surface area contributed by atoms with E-state index in [4.69, 9.17) is 16.3 Å². The highest BCUT2D eigenvalue weighted by Gasteiger charge is 2.13. The van der Waals surface area contributed by atoms with Gasteiger partial charge in [0.05, 0.1) is 24.5 Å². The lowest BCUT2D eigenvalue weighted by Crippen LogP contribution is -2.08. The maximum atomic E-state index is 12.1. The number of carbonyl (C=O) groups is 1. The van der Waals surface area contributed by atoms with Crippen LogP contribution in [0, 0.1) is 0 Å². The van der Waals surface area contributed by atoms with Crippen LogP contribution in [0.3, 0.4) is 0 Å². The summed E-state index contributed by atoms with van der Waals surface area (Å²) in [5.41, 5.74) is 1.51. The Morgan fingerprint density at radius 2 is 2.04 bits per heavy atom. The Hall–Kier alpha value is -2.60. The number of esters is 1. The van der Waals surface area contributed by atoms with E-state index in [1.807, 2.05) is 30.3 Å². The zero-order valence-electron chi connectivity index (χ0n) is 12.5. The van der Waals surface area contributed by atoms with Gasteiger partial charge in [0.1, 0.15) is 17.6 Å². The molecule has 23 heavy (non-hydrogen) atoms. The van der Waals surface area contributed by atoms with Crippen LogP contribution in [0.2, 0.25) is 5.15 Å². The van der Waals surface area contributed by atoms with E-state index in [-0.39, 0.29) is 6.61 Å². The van der Waals surface area contributed by atoms with Gasteiger partial charge in [-0.05, 0) is 5.56 Å². The Balaban J connectivity index is 1.61. The van der Waals surface area contributed by atoms with Gasteiger partial charge >= 0.3 is 5.97 Å². The maximum absolute atomic E-state index is 12.1. The molecule has 0 bridgehead atoms. The Morgan fingerprint density at radius 3 is 2.74 bits per heavy atom. The van der Waals surface area contributed by atoms with Gasteiger partial charge in [-0.1, -0.05) is 41.9 Å². The van der Waals surface area contributed by atoms with Crippen LogP contribution in [-0.2, 0) is 24.9 Å². The molecule has 1 aromatic carbocycles. The van der Waals surface area contributed by atoms with Crippen molar-refractivity contribution >= 4 is 17.6 Å². The molecule has 0 amide bonds. The molecular weight excluding hydrogens is 316 g/mol. The number of carbonyl (C=O) groups excluding carboxylic acids is 1. The number of benzene rings is 1. The zero-order valence-corrected chi connectivity index (χ0v) is 13.3. The molecular formula is C16H15ClN4O2. The number of hydrogen-bond donors (Lipinski definition) is 0. The second kappa shape index (κ2) is 6.66. The monoisotopic (exact) mass is 330 g/mol. The van der Waals surface area contributed by atoms with Crippen molar-refractivity contribution in [3.63, 3.8) is 0 Å². The topological polar surface area (TPSA) is 61.9 Å². The molecule has 0 aliphatic carbocycles. The number of rotatable bonds is 5. The van der Waals surface area contributed by atoms with Crippen LogP contribution >= 0.6 is 11.6 Å². The molecule has 0 aliphatic rings. The molecule has 0 atom stereocenters. The first-order valence-corrected chi connectivity index (χ1v) is 7.41. The van der Waals surface area contributed by atoms with Crippen molar-refractivity contribution in [2.45, 2.75) is 13.2 Å². The molecule has 2 aromatic heterocycles. The highest BCUT2D eigenvalue weighted by molar-refractivity contribution is 6.29. The van der Waals surface area contributed by atoms with Crippen LogP contribution in [0.5, 0.6) is 0 Å². The fraction of sp³-hybridized carbons (Fsp3) is 0.188. The molecule has 2 heterocycles. The average Bonchev–Trinajstić information content (AvgIpc) is 3.15. The van der Waals surface area contributed by atoms with Crippen LogP contribution in [-0.4, -0.2) is 25.3 Å². The van der Waals surface area contributed by atoms with Crippen molar-refractivity contribution in [1.29, 1.82) is 0 Å². The number of halogens is 1. The van der Waals surface area contributed by atoms with E-state index in [1.165, 1.54) is 12.4 Å². The third kappa shape index (κ3) is 3.60. The van der Waals surface area contributed by atoms with Gasteiger partial charge in [-0.25, -0.2) is 9.78 Å². The molecule has 6 nitrogen and oxygen atoms in total. The van der Waals surface area contributed by atoms with Gasteiger partial charge < -0.3 is 9.30 Å². The minimum Gasteiger partial charge on any atom is -0.454 e. The molecule has 0 fully saturated rings. The van der Waals surface area contributed by atoms with Crippen molar-refractivity contribution < 1.29 is 9.53 Å². The summed E-state index contributed by atoms with van der Waals surface area (Å²) in [4.78, 5) is 16.1. The van der Waals surface area contributed by atoms with Gasteiger partial charge in [0, 0.05) is 13.2 Å². The quantitative estimate of drug-likeness (QED) is 0.675. The summed E-state index contributed by atoms with van der Waals surface area (Å²) in [7, 11) is 1.76. The van der Waals surface area contributed by atoms with Crippen LogP contribution < -0.4 is 0 Å². The normalized spacial score (nSPS) is 10.7. The summed E-state index contributed by atoms with van der Waals surface area (Å²) < 4.78 is 8.60. The van der Waals surface area contributed by atoms with Crippen molar-refractivity contribution in [2.24, 2.45) is 7.05 Å². The average molecular weight is 331 g/mol. The number of imidazole rings is 1. The lowest BCUT2D eigenvalue weighted by molar-refractivity contribution is 0.0459.